The van der Waals surface area contributed by atoms with E-state index in [1.165, 1.54) is 6.20 Å². The summed E-state index contributed by atoms with van der Waals surface area (Å²) in [5.74, 6) is 0.532. The largest absolute Gasteiger partial charge is 0.491 e. The van der Waals surface area contributed by atoms with Gasteiger partial charge in [-0.05, 0) is 13.0 Å². The SMILES string of the molecule is Cc1c(OCCOCF)ccnc1COS(C)(=O)=O. The summed E-state index contributed by atoms with van der Waals surface area (Å²) < 4.78 is 48.1. The van der Waals surface area contributed by atoms with Crippen LogP contribution in [0.4, 0.5) is 4.39 Å². The lowest BCUT2D eigenvalue weighted by Gasteiger charge is -2.11. The normalized spacial score (nSPS) is 11.5. The van der Waals surface area contributed by atoms with E-state index in [-0.39, 0.29) is 19.8 Å². The number of alkyl halides is 1. The molecule has 0 atom stereocenters. The van der Waals surface area contributed by atoms with Gasteiger partial charge in [-0.15, -0.1) is 0 Å². The first-order valence-electron chi connectivity index (χ1n) is 5.49. The van der Waals surface area contributed by atoms with Crippen molar-refractivity contribution in [3.05, 3.63) is 23.5 Å². The number of aromatic nitrogens is 1. The van der Waals surface area contributed by atoms with Gasteiger partial charge < -0.3 is 9.47 Å². The quantitative estimate of drug-likeness (QED) is 0.529. The summed E-state index contributed by atoms with van der Waals surface area (Å²) in [7, 11) is -3.52. The third kappa shape index (κ3) is 5.95. The van der Waals surface area contributed by atoms with Crippen LogP contribution in [0.1, 0.15) is 11.3 Å². The molecule has 0 amide bonds. The van der Waals surface area contributed by atoms with Gasteiger partial charge in [0.1, 0.15) is 19.0 Å². The van der Waals surface area contributed by atoms with Crippen LogP contribution in [0.25, 0.3) is 0 Å². The van der Waals surface area contributed by atoms with Crippen LogP contribution < -0.4 is 4.74 Å². The van der Waals surface area contributed by atoms with Gasteiger partial charge in [-0.2, -0.15) is 8.42 Å². The molecule has 0 bridgehead atoms. The van der Waals surface area contributed by atoms with Crippen LogP contribution in [-0.2, 0) is 25.6 Å². The highest BCUT2D eigenvalue weighted by Gasteiger charge is 2.10. The van der Waals surface area contributed by atoms with Crippen molar-refractivity contribution in [2.75, 3.05) is 26.3 Å². The molecule has 108 valence electrons. The minimum atomic E-state index is -3.52. The first-order chi connectivity index (χ1) is 8.94. The van der Waals surface area contributed by atoms with E-state index in [1.807, 2.05) is 0 Å². The van der Waals surface area contributed by atoms with Crippen LogP contribution in [-0.4, -0.2) is 39.7 Å². The van der Waals surface area contributed by atoms with Crippen molar-refractivity contribution in [2.45, 2.75) is 13.5 Å². The second kappa shape index (κ2) is 7.37. The Balaban J connectivity index is 2.64. The van der Waals surface area contributed by atoms with Gasteiger partial charge in [0.05, 0.1) is 18.6 Å². The van der Waals surface area contributed by atoms with E-state index in [1.54, 1.807) is 13.0 Å². The van der Waals surface area contributed by atoms with Crippen molar-refractivity contribution >= 4 is 10.1 Å². The zero-order valence-electron chi connectivity index (χ0n) is 10.8. The third-order valence-electron chi connectivity index (χ3n) is 2.23. The number of rotatable bonds is 8. The minimum Gasteiger partial charge on any atom is -0.491 e. The molecule has 0 saturated carbocycles. The first kappa shape index (κ1) is 15.8. The Morgan fingerprint density at radius 1 is 1.37 bits per heavy atom. The van der Waals surface area contributed by atoms with Gasteiger partial charge in [-0.3, -0.25) is 9.17 Å². The zero-order valence-corrected chi connectivity index (χ0v) is 11.6. The molecule has 1 rings (SSSR count). The molecule has 0 fully saturated rings. The van der Waals surface area contributed by atoms with Crippen molar-refractivity contribution in [1.82, 2.24) is 4.98 Å². The maximum Gasteiger partial charge on any atom is 0.264 e. The molecule has 19 heavy (non-hydrogen) atoms. The highest BCUT2D eigenvalue weighted by Crippen LogP contribution is 2.20. The second-order valence-corrected chi connectivity index (χ2v) is 5.36. The Labute approximate surface area is 111 Å². The average molecular weight is 293 g/mol. The molecule has 1 heterocycles. The Morgan fingerprint density at radius 3 is 2.74 bits per heavy atom. The number of nitrogens with zero attached hydrogens (tertiary/aromatic N) is 1. The van der Waals surface area contributed by atoms with Crippen molar-refractivity contribution < 1.29 is 26.5 Å². The Hall–Kier alpha value is -1.25. The van der Waals surface area contributed by atoms with Gasteiger partial charge in [-0.1, -0.05) is 0 Å². The summed E-state index contributed by atoms with van der Waals surface area (Å²) in [6.07, 6.45) is 2.45. The highest BCUT2D eigenvalue weighted by molar-refractivity contribution is 7.85. The fourth-order valence-corrected chi connectivity index (χ4v) is 1.61. The molecule has 0 N–H and O–H groups in total. The van der Waals surface area contributed by atoms with E-state index in [9.17, 15) is 12.8 Å². The molecule has 0 aliphatic carbocycles. The summed E-state index contributed by atoms with van der Waals surface area (Å²) in [5, 5.41) is 0. The van der Waals surface area contributed by atoms with Gasteiger partial charge >= 0.3 is 0 Å². The molecular formula is C11H16FNO5S. The molecule has 0 aromatic carbocycles. The first-order valence-corrected chi connectivity index (χ1v) is 7.31. The van der Waals surface area contributed by atoms with Crippen LogP contribution in [0.2, 0.25) is 0 Å². The predicted octanol–water partition coefficient (Wildman–Crippen LogP) is 1.19. The van der Waals surface area contributed by atoms with Crippen LogP contribution >= 0.6 is 0 Å². The van der Waals surface area contributed by atoms with E-state index in [0.717, 1.165) is 6.26 Å². The molecule has 0 spiro atoms. The summed E-state index contributed by atoms with van der Waals surface area (Å²) in [4.78, 5) is 4.03. The molecule has 0 radical (unpaired) electrons. The van der Waals surface area contributed by atoms with Gasteiger partial charge in [0.2, 0.25) is 0 Å². The fourth-order valence-electron chi connectivity index (χ4n) is 1.29. The van der Waals surface area contributed by atoms with E-state index >= 15 is 0 Å². The maximum absolute atomic E-state index is 11.7. The van der Waals surface area contributed by atoms with Gasteiger partial charge in [-0.25, -0.2) is 4.39 Å². The minimum absolute atomic E-state index is 0.132. The van der Waals surface area contributed by atoms with Crippen LogP contribution in [0.3, 0.4) is 0 Å². The highest BCUT2D eigenvalue weighted by atomic mass is 32.2. The lowest BCUT2D eigenvalue weighted by atomic mass is 10.2. The van der Waals surface area contributed by atoms with Crippen molar-refractivity contribution in [3.63, 3.8) is 0 Å². The smallest absolute Gasteiger partial charge is 0.264 e. The molecule has 0 aliphatic rings. The van der Waals surface area contributed by atoms with Gasteiger partial charge in [0.15, 0.2) is 6.86 Å². The topological polar surface area (TPSA) is 74.7 Å². The average Bonchev–Trinajstić information content (AvgIpc) is 2.34. The molecule has 0 aliphatic heterocycles. The molecular weight excluding hydrogens is 277 g/mol. The Kier molecular flexibility index (Phi) is 6.13. The number of ether oxygens (including phenoxy) is 2. The molecule has 1 aromatic rings. The number of hydrogen-bond donors (Lipinski definition) is 0. The monoisotopic (exact) mass is 293 g/mol. The molecule has 6 nitrogen and oxygen atoms in total. The van der Waals surface area contributed by atoms with E-state index in [2.05, 4.69) is 13.9 Å². The number of halogens is 1. The summed E-state index contributed by atoms with van der Waals surface area (Å²) in [6, 6.07) is 1.63. The van der Waals surface area contributed by atoms with Crippen molar-refractivity contribution in [3.8, 4) is 5.75 Å². The predicted molar refractivity (Wildman–Crippen MR) is 66.0 cm³/mol. The van der Waals surface area contributed by atoms with Crippen LogP contribution in [0.5, 0.6) is 5.75 Å². The summed E-state index contributed by atoms with van der Waals surface area (Å²) >= 11 is 0. The number of pyridine rings is 1. The van der Waals surface area contributed by atoms with E-state index in [0.29, 0.717) is 17.0 Å². The second-order valence-electron chi connectivity index (χ2n) is 3.71. The molecule has 0 unspecified atom stereocenters. The van der Waals surface area contributed by atoms with Crippen LogP contribution in [0.15, 0.2) is 12.3 Å². The Bertz CT molecular complexity index is 506. The van der Waals surface area contributed by atoms with Gasteiger partial charge in [0, 0.05) is 11.8 Å². The van der Waals surface area contributed by atoms with Gasteiger partial charge in [0.25, 0.3) is 10.1 Å². The summed E-state index contributed by atoms with van der Waals surface area (Å²) in [5.41, 5.74) is 1.14. The maximum atomic E-state index is 11.7. The van der Waals surface area contributed by atoms with Crippen LogP contribution in [0, 0.1) is 6.92 Å². The Morgan fingerprint density at radius 2 is 2.11 bits per heavy atom. The lowest BCUT2D eigenvalue weighted by Crippen LogP contribution is -2.09. The molecule has 0 saturated heterocycles. The van der Waals surface area contributed by atoms with Crippen molar-refractivity contribution in [1.29, 1.82) is 0 Å². The molecule has 8 heteroatoms. The third-order valence-corrected chi connectivity index (χ3v) is 2.78. The lowest BCUT2D eigenvalue weighted by molar-refractivity contribution is 0.0390. The standard InChI is InChI=1S/C11H16FNO5S/c1-9-10(7-18-19(2,14)15)13-4-3-11(9)17-6-5-16-8-12/h3-4H,5-8H2,1-2H3. The van der Waals surface area contributed by atoms with E-state index in [4.69, 9.17) is 4.74 Å². The van der Waals surface area contributed by atoms with E-state index < -0.39 is 17.0 Å². The fraction of sp³-hybridized carbons (Fsp3) is 0.545. The number of hydrogen-bond acceptors (Lipinski definition) is 6. The zero-order chi connectivity index (χ0) is 14.3. The van der Waals surface area contributed by atoms with Crippen molar-refractivity contribution in [2.24, 2.45) is 0 Å². The summed E-state index contributed by atoms with van der Waals surface area (Å²) in [6.45, 7) is 1.06. The molecule has 1 aromatic heterocycles.